The van der Waals surface area contributed by atoms with Crippen LogP contribution in [0.5, 0.6) is 0 Å². The second-order valence-corrected chi connectivity index (χ2v) is 8.06. The zero-order valence-electron chi connectivity index (χ0n) is 17.3. The van der Waals surface area contributed by atoms with Crippen molar-refractivity contribution in [2.45, 2.75) is 30.6 Å². The van der Waals surface area contributed by atoms with Crippen LogP contribution in [0.4, 0.5) is 32.2 Å². The quantitative estimate of drug-likeness (QED) is 0.364. The highest BCUT2D eigenvalue weighted by Gasteiger charge is 2.64. The Bertz CT molecular complexity index is 1550. The van der Waals surface area contributed by atoms with Crippen LogP contribution in [0.15, 0.2) is 42.9 Å². The first-order chi connectivity index (χ1) is 16.6. The van der Waals surface area contributed by atoms with E-state index in [1.54, 1.807) is 0 Å². The van der Waals surface area contributed by atoms with Gasteiger partial charge in [-0.1, -0.05) is 12.1 Å². The molecule has 9 nitrogen and oxygen atoms in total. The van der Waals surface area contributed by atoms with Crippen LogP contribution in [0.3, 0.4) is 0 Å². The zero-order chi connectivity index (χ0) is 24.5. The molecule has 5 aromatic rings. The third-order valence-electron chi connectivity index (χ3n) is 5.90. The molecule has 0 spiro atoms. The Labute approximate surface area is 190 Å². The molecule has 0 amide bonds. The number of benzene rings is 1. The molecule has 0 aliphatic carbocycles. The van der Waals surface area contributed by atoms with E-state index in [1.807, 2.05) is 0 Å². The maximum absolute atomic E-state index is 14.6. The van der Waals surface area contributed by atoms with Crippen LogP contribution in [0.2, 0.25) is 0 Å². The molecule has 180 valence electrons. The van der Waals surface area contributed by atoms with Crippen LogP contribution in [-0.2, 0) is 0 Å². The Balaban J connectivity index is 1.46. The highest BCUT2D eigenvalue weighted by Crippen LogP contribution is 2.50. The lowest BCUT2D eigenvalue weighted by Gasteiger charge is -2.37. The Morgan fingerprint density at radius 2 is 1.80 bits per heavy atom. The van der Waals surface area contributed by atoms with E-state index >= 15 is 0 Å². The van der Waals surface area contributed by atoms with Gasteiger partial charge in [0, 0.05) is 12.5 Å². The number of aromatic nitrogens is 8. The summed E-state index contributed by atoms with van der Waals surface area (Å²) in [5.74, 6) is -5.74. The normalized spacial score (nSPS) is 18.7. The van der Waals surface area contributed by atoms with E-state index in [0.29, 0.717) is 26.9 Å². The van der Waals surface area contributed by atoms with Crippen LogP contribution in [0.25, 0.3) is 28.2 Å². The molecular weight excluding hydrogens is 480 g/mol. The van der Waals surface area contributed by atoms with Crippen molar-refractivity contribution >= 4 is 22.5 Å². The van der Waals surface area contributed by atoms with Gasteiger partial charge >= 0.3 is 12.1 Å². The van der Waals surface area contributed by atoms with Crippen LogP contribution < -0.4 is 5.32 Å². The largest absolute Gasteiger partial charge is 0.455 e. The van der Waals surface area contributed by atoms with E-state index in [-0.39, 0.29) is 17.3 Å². The number of H-pyrrole nitrogens is 1. The minimum atomic E-state index is -5.81. The number of aromatic amines is 1. The predicted molar refractivity (Wildman–Crippen MR) is 109 cm³/mol. The van der Waals surface area contributed by atoms with Gasteiger partial charge in [-0.05, 0) is 17.7 Å². The number of halogens is 6. The van der Waals surface area contributed by atoms with Crippen molar-refractivity contribution in [3.05, 3.63) is 54.2 Å². The predicted octanol–water partition coefficient (Wildman–Crippen LogP) is 4.30. The summed E-state index contributed by atoms with van der Waals surface area (Å²) < 4.78 is 84.7. The molecule has 0 saturated heterocycles. The number of fused-ring (bicyclic) bond motifs is 4. The average molecular weight is 493 g/mol. The molecule has 35 heavy (non-hydrogen) atoms. The molecule has 1 aromatic carbocycles. The van der Waals surface area contributed by atoms with Gasteiger partial charge in [0.15, 0.2) is 11.3 Å². The maximum Gasteiger partial charge on any atom is 0.455 e. The maximum atomic E-state index is 14.6. The Morgan fingerprint density at radius 1 is 1.03 bits per heavy atom. The summed E-state index contributed by atoms with van der Waals surface area (Å²) in [6.07, 6.45) is -3.63. The number of hydrogen-bond acceptors (Lipinski definition) is 6. The van der Waals surface area contributed by atoms with Crippen LogP contribution in [0.1, 0.15) is 24.1 Å². The van der Waals surface area contributed by atoms with Crippen LogP contribution in [-0.4, -0.2) is 51.7 Å². The lowest BCUT2D eigenvalue weighted by atomic mass is 9.93. The highest BCUT2D eigenvalue weighted by atomic mass is 19.4. The van der Waals surface area contributed by atoms with Gasteiger partial charge in [-0.2, -0.15) is 32.1 Å². The topological polar surface area (TPSA) is 102 Å². The molecule has 15 heteroatoms. The van der Waals surface area contributed by atoms with Gasteiger partial charge in [0.1, 0.15) is 29.7 Å². The molecule has 2 unspecified atom stereocenters. The smallest absolute Gasteiger partial charge is 0.363 e. The summed E-state index contributed by atoms with van der Waals surface area (Å²) in [6, 6.07) is 2.86. The third-order valence-corrected chi connectivity index (χ3v) is 5.90. The molecule has 0 radical (unpaired) electrons. The van der Waals surface area contributed by atoms with Crippen molar-refractivity contribution in [3.63, 3.8) is 0 Å². The van der Waals surface area contributed by atoms with Gasteiger partial charge in [0.25, 0.3) is 0 Å². The van der Waals surface area contributed by atoms with Gasteiger partial charge in [0.2, 0.25) is 5.82 Å². The van der Waals surface area contributed by atoms with Crippen molar-refractivity contribution in [2.24, 2.45) is 0 Å². The number of nitrogens with zero attached hydrogens (tertiary/aromatic N) is 7. The van der Waals surface area contributed by atoms with Crippen molar-refractivity contribution in [3.8, 4) is 11.5 Å². The minimum absolute atomic E-state index is 0.00314. The molecule has 6 rings (SSSR count). The van der Waals surface area contributed by atoms with Crippen molar-refractivity contribution < 1.29 is 26.3 Å². The Kier molecular flexibility index (Phi) is 4.37. The van der Waals surface area contributed by atoms with Crippen molar-refractivity contribution in [1.82, 2.24) is 39.6 Å². The first-order valence-electron chi connectivity index (χ1n) is 10.2. The fourth-order valence-corrected chi connectivity index (χ4v) is 4.16. The second-order valence-electron chi connectivity index (χ2n) is 8.06. The van der Waals surface area contributed by atoms with Crippen LogP contribution in [0, 0.1) is 5.82 Å². The third kappa shape index (κ3) is 3.29. The molecule has 0 fully saturated rings. The molecule has 0 saturated carbocycles. The van der Waals surface area contributed by atoms with E-state index in [1.165, 1.54) is 35.2 Å². The van der Waals surface area contributed by atoms with Crippen molar-refractivity contribution in [2.75, 3.05) is 5.32 Å². The number of hydrogen-bond donors (Lipinski definition) is 2. The summed E-state index contributed by atoms with van der Waals surface area (Å²) in [5.41, 5.74) is 1.12. The molecular formula is C20H13F6N9. The fraction of sp³-hybridized carbons (Fsp3) is 0.250. The van der Waals surface area contributed by atoms with Gasteiger partial charge in [-0.3, -0.25) is 5.10 Å². The molecule has 2 atom stereocenters. The van der Waals surface area contributed by atoms with Gasteiger partial charge in [0.05, 0.1) is 17.6 Å². The molecule has 1 aliphatic heterocycles. The van der Waals surface area contributed by atoms with E-state index < -0.39 is 36.4 Å². The molecule has 5 heterocycles. The van der Waals surface area contributed by atoms with Crippen molar-refractivity contribution in [1.29, 1.82) is 0 Å². The monoisotopic (exact) mass is 493 g/mol. The SMILES string of the molecule is Fc1ccc(C2CC(C(F)(F)C(F)(F)F)n3nc(-c4nc5c6cn[nH]c6ncn5n4)cc3N2)cc1. The second kappa shape index (κ2) is 7.16. The lowest BCUT2D eigenvalue weighted by molar-refractivity contribution is -0.301. The molecule has 2 N–H and O–H groups in total. The van der Waals surface area contributed by atoms with Gasteiger partial charge < -0.3 is 5.32 Å². The number of alkyl halides is 5. The Hall–Kier alpha value is -4.17. The van der Waals surface area contributed by atoms with E-state index in [9.17, 15) is 26.3 Å². The average Bonchev–Trinajstić information content (AvgIpc) is 3.54. The number of anilines is 1. The highest BCUT2D eigenvalue weighted by molar-refractivity contribution is 5.88. The minimum Gasteiger partial charge on any atom is -0.363 e. The number of nitrogens with one attached hydrogen (secondary N) is 2. The number of rotatable bonds is 3. The molecule has 4 aromatic heterocycles. The van der Waals surface area contributed by atoms with E-state index in [0.717, 1.165) is 12.1 Å². The first-order valence-corrected chi connectivity index (χ1v) is 10.2. The van der Waals surface area contributed by atoms with E-state index in [4.69, 9.17) is 0 Å². The lowest BCUT2D eigenvalue weighted by Crippen LogP contribution is -2.47. The zero-order valence-corrected chi connectivity index (χ0v) is 17.3. The first kappa shape index (κ1) is 21.4. The standard InChI is InChI=1S/C20H13F6N9/c21-10-3-1-9(2-4-10)12-5-14(19(22,23)20(24,25)26)35-15(29-12)6-13(32-35)17-30-18-11-7-28-31-16(11)27-8-34(18)33-17/h1-4,6-8,12,14,29H,5H2,(H,28,31). The summed E-state index contributed by atoms with van der Waals surface area (Å²) in [6.45, 7) is 0. The molecule has 0 bridgehead atoms. The van der Waals surface area contributed by atoms with Gasteiger partial charge in [-0.25, -0.2) is 23.6 Å². The Morgan fingerprint density at radius 3 is 2.54 bits per heavy atom. The summed E-state index contributed by atoms with van der Waals surface area (Å²) >= 11 is 0. The summed E-state index contributed by atoms with van der Waals surface area (Å²) in [7, 11) is 0. The van der Waals surface area contributed by atoms with Crippen LogP contribution >= 0.6 is 0 Å². The fourth-order valence-electron chi connectivity index (χ4n) is 4.16. The summed E-state index contributed by atoms with van der Waals surface area (Å²) in [4.78, 5) is 8.46. The molecule has 1 aliphatic rings. The van der Waals surface area contributed by atoms with Gasteiger partial charge in [-0.15, -0.1) is 5.10 Å². The summed E-state index contributed by atoms with van der Waals surface area (Å²) in [5, 5.41) is 18.3. The van der Waals surface area contributed by atoms with E-state index in [2.05, 4.69) is 35.7 Å².